The van der Waals surface area contributed by atoms with E-state index in [1.165, 1.54) is 6.92 Å². The lowest BCUT2D eigenvalue weighted by Gasteiger charge is -2.21. The van der Waals surface area contributed by atoms with Crippen LogP contribution in [0.2, 0.25) is 0 Å². The number of urea groups is 1. The maximum atomic E-state index is 12.5. The minimum atomic E-state index is -1.13. The summed E-state index contributed by atoms with van der Waals surface area (Å²) in [7, 11) is 0. The number of anilines is 1. The summed E-state index contributed by atoms with van der Waals surface area (Å²) in [6, 6.07) is 7.52. The van der Waals surface area contributed by atoms with Crippen molar-refractivity contribution in [3.63, 3.8) is 0 Å². The van der Waals surface area contributed by atoms with Crippen LogP contribution in [0.25, 0.3) is 0 Å². The molecule has 0 unspecified atom stereocenters. The molecule has 9 heteroatoms. The number of imide groups is 1. The average Bonchev–Trinajstić information content (AvgIpc) is 3.48. The molecule has 1 heterocycles. The Morgan fingerprint density at radius 1 is 1.36 bits per heavy atom. The monoisotopic (exact) mass is 384 g/mol. The Morgan fingerprint density at radius 2 is 2.00 bits per heavy atom. The van der Waals surface area contributed by atoms with Gasteiger partial charge in [0, 0.05) is 5.69 Å². The van der Waals surface area contributed by atoms with E-state index in [0.29, 0.717) is 11.3 Å². The molecule has 1 saturated heterocycles. The molecule has 146 valence electrons. The molecule has 0 aromatic heterocycles. The van der Waals surface area contributed by atoms with E-state index in [-0.39, 0.29) is 5.92 Å². The van der Waals surface area contributed by atoms with Crippen LogP contribution in [-0.4, -0.2) is 46.9 Å². The predicted octanol–water partition coefficient (Wildman–Crippen LogP) is 1.15. The summed E-state index contributed by atoms with van der Waals surface area (Å²) in [4.78, 5) is 49.7. The van der Waals surface area contributed by atoms with Crippen molar-refractivity contribution in [1.29, 1.82) is 5.26 Å². The Labute approximate surface area is 161 Å². The number of amides is 4. The SMILES string of the molecule is C[C@H](OC(=O)CN1C(=O)N[C@@](C)(C2CC2)C1=O)C(=O)Nc1ccc(C#N)cc1. The van der Waals surface area contributed by atoms with E-state index in [1.54, 1.807) is 31.2 Å². The summed E-state index contributed by atoms with van der Waals surface area (Å²) in [6.45, 7) is 2.49. The molecule has 1 aliphatic carbocycles. The summed E-state index contributed by atoms with van der Waals surface area (Å²) in [6.07, 6.45) is 0.583. The van der Waals surface area contributed by atoms with Crippen molar-refractivity contribution in [1.82, 2.24) is 10.2 Å². The van der Waals surface area contributed by atoms with Crippen LogP contribution in [-0.2, 0) is 19.1 Å². The van der Waals surface area contributed by atoms with Gasteiger partial charge in [-0.15, -0.1) is 0 Å². The molecular formula is C19H20N4O5. The lowest BCUT2D eigenvalue weighted by atomic mass is 9.96. The van der Waals surface area contributed by atoms with E-state index in [4.69, 9.17) is 10.00 Å². The summed E-state index contributed by atoms with van der Waals surface area (Å²) in [5.41, 5.74) is -0.0823. The Kier molecular flexibility index (Phi) is 5.05. The number of esters is 1. The van der Waals surface area contributed by atoms with Gasteiger partial charge in [0.2, 0.25) is 0 Å². The molecule has 0 bridgehead atoms. The van der Waals surface area contributed by atoms with Crippen LogP contribution in [0.5, 0.6) is 0 Å². The molecule has 9 nitrogen and oxygen atoms in total. The van der Waals surface area contributed by atoms with Crippen LogP contribution in [0.15, 0.2) is 24.3 Å². The van der Waals surface area contributed by atoms with Crippen molar-refractivity contribution in [2.45, 2.75) is 38.3 Å². The van der Waals surface area contributed by atoms with Gasteiger partial charge in [-0.2, -0.15) is 5.26 Å². The summed E-state index contributed by atoms with van der Waals surface area (Å²) < 4.78 is 5.05. The number of hydrogen-bond acceptors (Lipinski definition) is 6. The van der Waals surface area contributed by atoms with Crippen LogP contribution in [0.3, 0.4) is 0 Å². The van der Waals surface area contributed by atoms with E-state index >= 15 is 0 Å². The van der Waals surface area contributed by atoms with Crippen molar-refractivity contribution in [2.24, 2.45) is 5.92 Å². The van der Waals surface area contributed by atoms with Crippen LogP contribution in [0, 0.1) is 17.2 Å². The normalized spacial score (nSPS) is 22.2. The van der Waals surface area contributed by atoms with E-state index < -0.39 is 42.0 Å². The van der Waals surface area contributed by atoms with Crippen molar-refractivity contribution in [3.8, 4) is 6.07 Å². The van der Waals surface area contributed by atoms with E-state index in [1.807, 2.05) is 6.07 Å². The number of rotatable bonds is 6. The molecule has 1 aromatic carbocycles. The molecule has 2 atom stereocenters. The lowest BCUT2D eigenvalue weighted by molar-refractivity contribution is -0.155. The molecule has 2 N–H and O–H groups in total. The maximum Gasteiger partial charge on any atom is 0.327 e. The van der Waals surface area contributed by atoms with Gasteiger partial charge in [-0.25, -0.2) is 4.79 Å². The third-order valence-electron chi connectivity index (χ3n) is 4.94. The maximum absolute atomic E-state index is 12.5. The second kappa shape index (κ2) is 7.31. The zero-order valence-corrected chi connectivity index (χ0v) is 15.5. The van der Waals surface area contributed by atoms with Gasteiger partial charge >= 0.3 is 12.0 Å². The van der Waals surface area contributed by atoms with Crippen molar-refractivity contribution >= 4 is 29.5 Å². The van der Waals surface area contributed by atoms with Gasteiger partial charge in [0.25, 0.3) is 11.8 Å². The average molecular weight is 384 g/mol. The van der Waals surface area contributed by atoms with Crippen LogP contribution in [0.1, 0.15) is 32.3 Å². The second-order valence-corrected chi connectivity index (χ2v) is 7.11. The fraction of sp³-hybridized carbons (Fsp3) is 0.421. The zero-order valence-electron chi connectivity index (χ0n) is 15.5. The smallest absolute Gasteiger partial charge is 0.327 e. The molecule has 28 heavy (non-hydrogen) atoms. The van der Waals surface area contributed by atoms with Gasteiger partial charge in [0.1, 0.15) is 12.1 Å². The topological polar surface area (TPSA) is 129 Å². The lowest BCUT2D eigenvalue weighted by Crippen LogP contribution is -2.46. The number of carbonyl (C=O) groups excluding carboxylic acids is 4. The third-order valence-corrected chi connectivity index (χ3v) is 4.94. The molecule has 1 aliphatic heterocycles. The number of benzene rings is 1. The van der Waals surface area contributed by atoms with E-state index in [2.05, 4.69) is 10.6 Å². The predicted molar refractivity (Wildman–Crippen MR) is 96.7 cm³/mol. The van der Waals surface area contributed by atoms with Gasteiger partial charge < -0.3 is 15.4 Å². The first kappa shape index (κ1) is 19.4. The third kappa shape index (κ3) is 3.81. The minimum absolute atomic E-state index is 0.0853. The number of nitriles is 1. The molecule has 1 saturated carbocycles. The summed E-state index contributed by atoms with van der Waals surface area (Å²) in [5, 5.41) is 14.0. The number of nitrogens with zero attached hydrogens (tertiary/aromatic N) is 2. The first-order valence-corrected chi connectivity index (χ1v) is 8.89. The van der Waals surface area contributed by atoms with Crippen molar-refractivity contribution < 1.29 is 23.9 Å². The van der Waals surface area contributed by atoms with Crippen LogP contribution in [0.4, 0.5) is 10.5 Å². The Hall–Kier alpha value is -3.41. The van der Waals surface area contributed by atoms with Crippen LogP contribution < -0.4 is 10.6 Å². The molecule has 0 radical (unpaired) electrons. The fourth-order valence-corrected chi connectivity index (χ4v) is 3.09. The highest BCUT2D eigenvalue weighted by atomic mass is 16.5. The first-order chi connectivity index (χ1) is 13.2. The Balaban J connectivity index is 1.53. The van der Waals surface area contributed by atoms with E-state index in [9.17, 15) is 19.2 Å². The Morgan fingerprint density at radius 3 is 2.57 bits per heavy atom. The highest BCUT2D eigenvalue weighted by molar-refractivity contribution is 6.09. The minimum Gasteiger partial charge on any atom is -0.451 e. The first-order valence-electron chi connectivity index (χ1n) is 8.89. The number of ether oxygens (including phenoxy) is 1. The standard InChI is InChI=1S/C19H20N4O5/c1-11(16(25)21-14-7-3-12(9-20)4-8-14)28-15(24)10-23-17(26)19(2,13-5-6-13)22-18(23)27/h3-4,7-8,11,13H,5-6,10H2,1-2H3,(H,21,25)(H,22,27)/t11-,19-/m0/s1. The summed E-state index contributed by atoms with van der Waals surface area (Å²) >= 11 is 0. The number of hydrogen-bond donors (Lipinski definition) is 2. The molecule has 2 aliphatic rings. The molecule has 1 aromatic rings. The Bertz CT molecular complexity index is 871. The number of carbonyl (C=O) groups is 4. The van der Waals surface area contributed by atoms with Crippen molar-refractivity contribution in [2.75, 3.05) is 11.9 Å². The highest BCUT2D eigenvalue weighted by Gasteiger charge is 2.56. The zero-order chi connectivity index (χ0) is 20.5. The van der Waals surface area contributed by atoms with Gasteiger partial charge in [-0.1, -0.05) is 0 Å². The van der Waals surface area contributed by atoms with Crippen molar-refractivity contribution in [3.05, 3.63) is 29.8 Å². The largest absolute Gasteiger partial charge is 0.451 e. The molecule has 3 rings (SSSR count). The molecule has 0 spiro atoms. The quantitative estimate of drug-likeness (QED) is 0.559. The van der Waals surface area contributed by atoms with Gasteiger partial charge in [-0.3, -0.25) is 19.3 Å². The molecular weight excluding hydrogens is 364 g/mol. The molecule has 4 amide bonds. The van der Waals surface area contributed by atoms with Gasteiger partial charge in [0.15, 0.2) is 6.10 Å². The molecule has 2 fully saturated rings. The highest BCUT2D eigenvalue weighted by Crippen LogP contribution is 2.42. The van der Waals surface area contributed by atoms with Gasteiger partial charge in [-0.05, 0) is 56.9 Å². The van der Waals surface area contributed by atoms with E-state index in [0.717, 1.165) is 17.7 Å². The summed E-state index contributed by atoms with van der Waals surface area (Å²) in [5.74, 6) is -1.79. The fourth-order valence-electron chi connectivity index (χ4n) is 3.09. The van der Waals surface area contributed by atoms with Gasteiger partial charge in [0.05, 0.1) is 11.6 Å². The van der Waals surface area contributed by atoms with Crippen LogP contribution >= 0.6 is 0 Å². The second-order valence-electron chi connectivity index (χ2n) is 7.11. The number of nitrogens with one attached hydrogen (secondary N) is 2.